The monoisotopic (exact) mass is 400 g/mol. The fourth-order valence-electron chi connectivity index (χ4n) is 3.21. The summed E-state index contributed by atoms with van der Waals surface area (Å²) in [6.07, 6.45) is 2.14. The van der Waals surface area contributed by atoms with Crippen LogP contribution in [0.3, 0.4) is 0 Å². The first kappa shape index (κ1) is 20.1. The SMILES string of the molecule is Cc1cccc(C)c1NC(=O)CNC(=O)[C@@H](C)OC(=O)c1cc2c(s1)CCC2. The van der Waals surface area contributed by atoms with Gasteiger partial charge in [-0.25, -0.2) is 4.79 Å². The Morgan fingerprint density at radius 3 is 2.57 bits per heavy atom. The molecule has 0 bridgehead atoms. The number of aryl methyl sites for hydroxylation is 4. The van der Waals surface area contributed by atoms with Crippen LogP contribution in [0.15, 0.2) is 24.3 Å². The van der Waals surface area contributed by atoms with Gasteiger partial charge >= 0.3 is 5.97 Å². The first-order valence-corrected chi connectivity index (χ1v) is 10.1. The van der Waals surface area contributed by atoms with Gasteiger partial charge in [0.25, 0.3) is 5.91 Å². The van der Waals surface area contributed by atoms with Crippen molar-refractivity contribution in [3.63, 3.8) is 0 Å². The number of carbonyl (C=O) groups excluding carboxylic acids is 3. The zero-order chi connectivity index (χ0) is 20.3. The van der Waals surface area contributed by atoms with E-state index in [0.717, 1.165) is 36.1 Å². The second-order valence-electron chi connectivity index (χ2n) is 6.99. The minimum Gasteiger partial charge on any atom is -0.448 e. The molecule has 1 aromatic carbocycles. The Labute approximate surface area is 168 Å². The highest BCUT2D eigenvalue weighted by molar-refractivity contribution is 7.14. The van der Waals surface area contributed by atoms with E-state index in [1.54, 1.807) is 0 Å². The minimum atomic E-state index is -0.975. The number of para-hydroxylation sites is 1. The quantitative estimate of drug-likeness (QED) is 0.730. The Morgan fingerprint density at radius 2 is 1.89 bits per heavy atom. The lowest BCUT2D eigenvalue weighted by Crippen LogP contribution is -2.40. The van der Waals surface area contributed by atoms with Crippen molar-refractivity contribution < 1.29 is 19.1 Å². The van der Waals surface area contributed by atoms with E-state index >= 15 is 0 Å². The molecule has 0 unspecified atom stereocenters. The summed E-state index contributed by atoms with van der Waals surface area (Å²) in [5.41, 5.74) is 3.85. The summed E-state index contributed by atoms with van der Waals surface area (Å²) in [7, 11) is 0. The summed E-state index contributed by atoms with van der Waals surface area (Å²) >= 11 is 1.44. The molecule has 1 aliphatic rings. The predicted molar refractivity (Wildman–Crippen MR) is 109 cm³/mol. The fraction of sp³-hybridized carbons (Fsp3) is 0.381. The lowest BCUT2D eigenvalue weighted by molar-refractivity contribution is -0.130. The summed E-state index contributed by atoms with van der Waals surface area (Å²) in [5, 5.41) is 5.31. The van der Waals surface area contributed by atoms with Gasteiger partial charge in [0, 0.05) is 10.6 Å². The molecule has 1 heterocycles. The second kappa shape index (κ2) is 8.56. The van der Waals surface area contributed by atoms with Crippen LogP contribution in [0, 0.1) is 13.8 Å². The molecule has 2 N–H and O–H groups in total. The average Bonchev–Trinajstić information content (AvgIpc) is 3.25. The molecule has 1 aliphatic carbocycles. The highest BCUT2D eigenvalue weighted by Crippen LogP contribution is 2.31. The maximum atomic E-state index is 12.2. The minimum absolute atomic E-state index is 0.193. The van der Waals surface area contributed by atoms with Crippen LogP contribution in [0.1, 0.15) is 44.6 Å². The van der Waals surface area contributed by atoms with Gasteiger partial charge in [0.2, 0.25) is 5.91 Å². The van der Waals surface area contributed by atoms with Gasteiger partial charge in [0.1, 0.15) is 4.88 Å². The largest absolute Gasteiger partial charge is 0.448 e. The summed E-state index contributed by atoms with van der Waals surface area (Å²) in [6.45, 7) is 5.12. The van der Waals surface area contributed by atoms with Gasteiger partial charge in [-0.15, -0.1) is 11.3 Å². The molecule has 0 fully saturated rings. The van der Waals surface area contributed by atoms with Crippen molar-refractivity contribution in [2.75, 3.05) is 11.9 Å². The first-order valence-electron chi connectivity index (χ1n) is 9.31. The molecular formula is C21H24N2O4S. The van der Waals surface area contributed by atoms with Crippen LogP contribution in [-0.4, -0.2) is 30.4 Å². The van der Waals surface area contributed by atoms with Crippen LogP contribution in [0.4, 0.5) is 5.69 Å². The Bertz CT molecular complexity index is 877. The standard InChI is InChI=1S/C21H24N2O4S/c1-12-6-4-7-13(2)19(12)23-18(24)11-22-20(25)14(3)27-21(26)17-10-15-8-5-9-16(15)28-17/h4,6-7,10,14H,5,8-9,11H2,1-3H3,(H,22,25)(H,23,24)/t14-/m1/s1. The van der Waals surface area contributed by atoms with Crippen molar-refractivity contribution in [3.05, 3.63) is 50.7 Å². The summed E-state index contributed by atoms with van der Waals surface area (Å²) in [5.74, 6) is -1.34. The van der Waals surface area contributed by atoms with Crippen LogP contribution in [-0.2, 0) is 27.2 Å². The number of anilines is 1. The molecule has 0 radical (unpaired) electrons. The molecule has 0 saturated heterocycles. The predicted octanol–water partition coefficient (Wildman–Crippen LogP) is 3.15. The number of nitrogens with one attached hydrogen (secondary N) is 2. The topological polar surface area (TPSA) is 84.5 Å². The lowest BCUT2D eigenvalue weighted by atomic mass is 10.1. The normalized spacial score (nSPS) is 13.5. The van der Waals surface area contributed by atoms with E-state index < -0.39 is 18.0 Å². The van der Waals surface area contributed by atoms with Crippen molar-refractivity contribution in [2.24, 2.45) is 0 Å². The summed E-state index contributed by atoms with van der Waals surface area (Å²) < 4.78 is 5.25. The maximum Gasteiger partial charge on any atom is 0.349 e. The molecule has 1 atom stereocenters. The molecule has 148 valence electrons. The van der Waals surface area contributed by atoms with E-state index in [-0.39, 0.29) is 12.5 Å². The van der Waals surface area contributed by atoms with Crippen molar-refractivity contribution in [3.8, 4) is 0 Å². The Kier molecular flexibility index (Phi) is 6.14. The molecule has 7 heteroatoms. The first-order chi connectivity index (χ1) is 13.3. The Balaban J connectivity index is 1.48. The number of amides is 2. The number of esters is 1. The molecule has 6 nitrogen and oxygen atoms in total. The zero-order valence-corrected chi connectivity index (χ0v) is 17.1. The van der Waals surface area contributed by atoms with Crippen LogP contribution in [0.2, 0.25) is 0 Å². The Hall–Kier alpha value is -2.67. The number of benzene rings is 1. The third-order valence-corrected chi connectivity index (χ3v) is 5.99. The number of fused-ring (bicyclic) bond motifs is 1. The second-order valence-corrected chi connectivity index (χ2v) is 8.13. The molecule has 0 aliphatic heterocycles. The summed E-state index contributed by atoms with van der Waals surface area (Å²) in [6, 6.07) is 7.59. The smallest absolute Gasteiger partial charge is 0.349 e. The maximum absolute atomic E-state index is 12.2. The van der Waals surface area contributed by atoms with Crippen LogP contribution in [0.5, 0.6) is 0 Å². The van der Waals surface area contributed by atoms with Gasteiger partial charge in [-0.2, -0.15) is 0 Å². The number of hydrogen-bond acceptors (Lipinski definition) is 5. The van der Waals surface area contributed by atoms with Gasteiger partial charge in [-0.1, -0.05) is 18.2 Å². The van der Waals surface area contributed by atoms with E-state index in [9.17, 15) is 14.4 Å². The molecule has 0 saturated carbocycles. The number of thiophene rings is 1. The molecule has 1 aromatic heterocycles. The Morgan fingerprint density at radius 1 is 1.18 bits per heavy atom. The van der Waals surface area contributed by atoms with Gasteiger partial charge in [0.15, 0.2) is 6.10 Å². The van der Waals surface area contributed by atoms with Gasteiger partial charge < -0.3 is 15.4 Å². The number of rotatable bonds is 6. The van der Waals surface area contributed by atoms with Crippen molar-refractivity contribution in [1.29, 1.82) is 0 Å². The van der Waals surface area contributed by atoms with Crippen molar-refractivity contribution in [2.45, 2.75) is 46.1 Å². The van der Waals surface area contributed by atoms with E-state index in [1.165, 1.54) is 28.7 Å². The average molecular weight is 401 g/mol. The fourth-order valence-corrected chi connectivity index (χ4v) is 4.34. The van der Waals surface area contributed by atoms with E-state index in [1.807, 2.05) is 38.1 Å². The van der Waals surface area contributed by atoms with Crippen LogP contribution in [0.25, 0.3) is 0 Å². The molecule has 3 rings (SSSR count). The molecule has 0 spiro atoms. The highest BCUT2D eigenvalue weighted by atomic mass is 32.1. The number of hydrogen-bond donors (Lipinski definition) is 2. The van der Waals surface area contributed by atoms with E-state index in [0.29, 0.717) is 4.88 Å². The number of carbonyl (C=O) groups is 3. The van der Waals surface area contributed by atoms with Crippen LogP contribution >= 0.6 is 11.3 Å². The van der Waals surface area contributed by atoms with E-state index in [2.05, 4.69) is 10.6 Å². The van der Waals surface area contributed by atoms with Crippen molar-refractivity contribution >= 4 is 34.8 Å². The third kappa shape index (κ3) is 4.59. The van der Waals surface area contributed by atoms with Crippen LogP contribution < -0.4 is 10.6 Å². The van der Waals surface area contributed by atoms with Gasteiger partial charge in [-0.05, 0) is 62.8 Å². The molecule has 28 heavy (non-hydrogen) atoms. The molecular weight excluding hydrogens is 376 g/mol. The highest BCUT2D eigenvalue weighted by Gasteiger charge is 2.23. The van der Waals surface area contributed by atoms with Crippen molar-refractivity contribution in [1.82, 2.24) is 5.32 Å². The van der Waals surface area contributed by atoms with Gasteiger partial charge in [0.05, 0.1) is 6.54 Å². The number of ether oxygens (including phenoxy) is 1. The van der Waals surface area contributed by atoms with Gasteiger partial charge in [-0.3, -0.25) is 9.59 Å². The summed E-state index contributed by atoms with van der Waals surface area (Å²) in [4.78, 5) is 38.3. The molecule has 2 amide bonds. The molecule has 2 aromatic rings. The lowest BCUT2D eigenvalue weighted by Gasteiger charge is -2.14. The zero-order valence-electron chi connectivity index (χ0n) is 16.3. The van der Waals surface area contributed by atoms with E-state index in [4.69, 9.17) is 4.74 Å². The third-order valence-electron chi connectivity index (χ3n) is 4.77.